The molecule has 10 aliphatic rings. The Morgan fingerprint density at radius 3 is 1.14 bits per heavy atom. The summed E-state index contributed by atoms with van der Waals surface area (Å²) in [5.41, 5.74) is 2.17. The third kappa shape index (κ3) is 11.1. The molecule has 3 aromatic rings. The number of likely N-dealkylation sites (N-methyl/N-ethyl adjacent to an activating group) is 2. The summed E-state index contributed by atoms with van der Waals surface area (Å²) in [5.74, 6) is -8.11. The molecule has 3 aromatic carbocycles. The Morgan fingerprint density at radius 2 is 0.792 bits per heavy atom. The quantitative estimate of drug-likeness (QED) is 0.0860. The van der Waals surface area contributed by atoms with E-state index in [2.05, 4.69) is 23.9 Å². The first-order valence-corrected chi connectivity index (χ1v) is 31.6. The second-order valence-electron chi connectivity index (χ2n) is 25.7. The third-order valence-electron chi connectivity index (χ3n) is 20.2. The monoisotopic (exact) mass is 1330 g/mol. The first-order chi connectivity index (χ1) is 45.8. The van der Waals surface area contributed by atoms with Gasteiger partial charge in [-0.25, -0.2) is 19.2 Å². The number of esters is 10. The molecule has 6 heterocycles. The lowest BCUT2D eigenvalue weighted by Gasteiger charge is -2.57. The number of methoxy groups -OCH3 is 2. The van der Waals surface area contributed by atoms with Crippen LogP contribution in [0.2, 0.25) is 0 Å². The lowest BCUT2D eigenvalue weighted by Crippen LogP contribution is -2.67. The van der Waals surface area contributed by atoms with Crippen molar-refractivity contribution in [1.29, 1.82) is 0 Å². The zero-order valence-corrected chi connectivity index (χ0v) is 54.1. The molecular formula is C68H72N2O26. The molecule has 0 aromatic heterocycles. The van der Waals surface area contributed by atoms with Gasteiger partial charge in [0.05, 0.1) is 25.3 Å². The smallest absolute Gasteiger partial charge is 0.343 e. The maximum Gasteiger partial charge on any atom is 0.343 e. The summed E-state index contributed by atoms with van der Waals surface area (Å²) in [4.78, 5) is 136. The number of ether oxygens (including phenoxy) is 16. The molecule has 2 spiro atoms. The van der Waals surface area contributed by atoms with Crippen molar-refractivity contribution in [2.45, 2.75) is 176 Å². The van der Waals surface area contributed by atoms with Crippen molar-refractivity contribution in [3.63, 3.8) is 0 Å². The van der Waals surface area contributed by atoms with Gasteiger partial charge in [0, 0.05) is 87.4 Å². The van der Waals surface area contributed by atoms with Crippen molar-refractivity contribution in [2.24, 2.45) is 11.8 Å². The van der Waals surface area contributed by atoms with Crippen LogP contribution in [0.1, 0.15) is 97.4 Å². The molecule has 4 fully saturated rings. The molecule has 510 valence electrons. The summed E-state index contributed by atoms with van der Waals surface area (Å²) in [5, 5.41) is 0. The van der Waals surface area contributed by atoms with Crippen LogP contribution in [0.5, 0.6) is 23.0 Å². The molecule has 0 N–H and O–H groups in total. The van der Waals surface area contributed by atoms with Gasteiger partial charge in [-0.2, -0.15) is 0 Å². The summed E-state index contributed by atoms with van der Waals surface area (Å²) in [6.07, 6.45) is -9.93. The molecule has 0 saturated carbocycles. The second-order valence-corrected chi connectivity index (χ2v) is 25.7. The highest BCUT2D eigenvalue weighted by Crippen LogP contribution is 2.65. The Kier molecular flexibility index (Phi) is 17.4. The van der Waals surface area contributed by atoms with Crippen LogP contribution in [0.4, 0.5) is 0 Å². The lowest BCUT2D eigenvalue weighted by molar-refractivity contribution is -0.313. The predicted molar refractivity (Wildman–Crippen MR) is 321 cm³/mol. The molecule has 28 heteroatoms. The highest BCUT2D eigenvalue weighted by atomic mass is 16.8. The van der Waals surface area contributed by atoms with E-state index in [1.807, 2.05) is 24.3 Å². The van der Waals surface area contributed by atoms with Gasteiger partial charge in [0.15, 0.2) is 71.8 Å². The van der Waals surface area contributed by atoms with Crippen LogP contribution >= 0.6 is 0 Å². The molecule has 96 heavy (non-hydrogen) atoms. The minimum absolute atomic E-state index is 0.0229. The maximum absolute atomic E-state index is 14.4. The van der Waals surface area contributed by atoms with Gasteiger partial charge in [0.2, 0.25) is 12.6 Å². The van der Waals surface area contributed by atoms with Crippen LogP contribution in [-0.4, -0.2) is 209 Å². The predicted octanol–water partition coefficient (Wildman–Crippen LogP) is 3.17. The van der Waals surface area contributed by atoms with E-state index in [-0.39, 0.29) is 46.5 Å². The largest absolute Gasteiger partial charge is 0.482 e. The first-order valence-electron chi connectivity index (χ1n) is 31.6. The minimum Gasteiger partial charge on any atom is -0.482 e. The van der Waals surface area contributed by atoms with Crippen molar-refractivity contribution in [2.75, 3.05) is 41.4 Å². The van der Waals surface area contributed by atoms with Gasteiger partial charge in [-0.05, 0) is 100 Å². The Morgan fingerprint density at radius 1 is 0.448 bits per heavy atom. The van der Waals surface area contributed by atoms with Gasteiger partial charge in [0.25, 0.3) is 0 Å². The Bertz CT molecular complexity index is 3550. The fourth-order valence-corrected chi connectivity index (χ4v) is 16.6. The van der Waals surface area contributed by atoms with E-state index in [9.17, 15) is 47.9 Å². The average Bonchev–Trinajstić information content (AvgIpc) is 1.48. The summed E-state index contributed by atoms with van der Waals surface area (Å²) >= 11 is 0. The number of piperidine rings is 2. The van der Waals surface area contributed by atoms with Crippen LogP contribution in [0.25, 0.3) is 0 Å². The lowest BCUT2D eigenvalue weighted by atomic mass is 9.53. The maximum atomic E-state index is 14.4. The normalized spacial score (nSPS) is 34.4. The molecular weight excluding hydrogens is 1260 g/mol. The molecule has 0 radical (unpaired) electrons. The highest BCUT2D eigenvalue weighted by molar-refractivity contribution is 5.95. The zero-order valence-electron chi connectivity index (χ0n) is 54.1. The molecule has 20 atom stereocenters. The number of hydrogen-bond donors (Lipinski definition) is 0. The van der Waals surface area contributed by atoms with Crippen molar-refractivity contribution < 1.29 is 124 Å². The van der Waals surface area contributed by atoms with E-state index in [4.69, 9.17) is 75.8 Å². The summed E-state index contributed by atoms with van der Waals surface area (Å²) in [7, 11) is 6.29. The zero-order chi connectivity index (χ0) is 68.1. The van der Waals surface area contributed by atoms with Crippen LogP contribution in [0, 0.1) is 11.8 Å². The van der Waals surface area contributed by atoms with Crippen molar-refractivity contribution in [3.05, 3.63) is 106 Å². The van der Waals surface area contributed by atoms with Crippen LogP contribution in [0.15, 0.2) is 72.8 Å². The van der Waals surface area contributed by atoms with Crippen LogP contribution < -0.4 is 18.9 Å². The van der Waals surface area contributed by atoms with E-state index in [1.54, 1.807) is 24.3 Å². The Balaban J connectivity index is 0.753. The summed E-state index contributed by atoms with van der Waals surface area (Å²) in [6, 6.07) is 12.9. The highest BCUT2D eigenvalue weighted by Gasteiger charge is 2.68. The average molecular weight is 1330 g/mol. The van der Waals surface area contributed by atoms with Crippen molar-refractivity contribution >= 4 is 59.7 Å². The molecule has 6 aliphatic heterocycles. The Hall–Kier alpha value is -8.80. The van der Waals surface area contributed by atoms with Crippen LogP contribution in [0.3, 0.4) is 0 Å². The fourth-order valence-electron chi connectivity index (χ4n) is 16.6. The second kappa shape index (κ2) is 25.3. The SMILES string of the molecule is COC(=O)[C@@H]1O[C@H](O[C@H]2C=C[C@H]3[C@H]4Cc5ccc(OC(=O)c6ccc(C(=O)Oc7ccc8c9c7O[C@H]7[C@@H](OC%10O[C@@H](C(=O)OC)[C@H](OC(C)=O)[C@@H](OC(C)=O)[C@@H]%10OC(C)=O)C=C[C@H]%10[C@@H](C8)N(C)CC[C@@]9%107)cc6)c6c5[C@@]3(CCN4C)[C@H]2O6)[C@@H](OC(C)=O)[C@H](OC(C)=O)[C@H]1OC(C)=O. The number of nitrogens with zero attached hydrogens (tertiary/aromatic N) is 2. The Labute approximate surface area is 549 Å². The standard InChI is InChI=1S/C68H72N2O26/c1-29(71)83-51-53(85-31(3)73)57(87-33(5)75)65(95-55(51)63(79)81-9)91-45-21-17-39-41-27-37-15-19-43(49-47(37)67(39,59(45)93-49)23-25-69(41)7)89-61(77)35-11-13-36(14-12-35)62(78)90-44-20-16-38-28-42-40-18-22-46(60-68(40,24-26-70(42)8)48(38)50(44)94-60)92-66-58(88-34(6)76)54(86-32(4)74)52(84-30(2)72)56(96-66)64(80)82-10/h11-22,39-42,45-46,51-60,65-66H,23-28H2,1-10H3/t39-,40-,41+,42+,45-,46-,51+,52+,53+,54+,55+,56+,57-,58-,59-,60-,65-,66?,67-,68-/m0/s1. The van der Waals surface area contributed by atoms with Crippen LogP contribution in [-0.2, 0) is 119 Å². The number of likely N-dealkylation sites (tertiary alicyclic amines) is 2. The first kappa shape index (κ1) is 65.8. The summed E-state index contributed by atoms with van der Waals surface area (Å²) in [6.45, 7) is 7.87. The van der Waals surface area contributed by atoms with E-state index >= 15 is 0 Å². The van der Waals surface area contributed by atoms with Gasteiger partial charge in [-0.3, -0.25) is 28.8 Å². The topological polar surface area (TPSA) is 325 Å². The van der Waals surface area contributed by atoms with Gasteiger partial charge in [-0.1, -0.05) is 36.4 Å². The molecule has 4 bridgehead atoms. The van der Waals surface area contributed by atoms with Crippen molar-refractivity contribution in [1.82, 2.24) is 9.80 Å². The number of carbonyl (C=O) groups is 10. The van der Waals surface area contributed by atoms with Gasteiger partial charge >= 0.3 is 59.7 Å². The van der Waals surface area contributed by atoms with E-state index in [1.165, 1.54) is 24.3 Å². The number of carbonyl (C=O) groups excluding carboxylic acids is 10. The van der Waals surface area contributed by atoms with Gasteiger partial charge in [0.1, 0.15) is 24.4 Å². The van der Waals surface area contributed by atoms with E-state index in [0.29, 0.717) is 50.3 Å². The van der Waals surface area contributed by atoms with Gasteiger partial charge < -0.3 is 85.6 Å². The molecule has 1 unspecified atom stereocenters. The number of hydrogen-bond acceptors (Lipinski definition) is 28. The van der Waals surface area contributed by atoms with E-state index in [0.717, 1.165) is 78.0 Å². The molecule has 4 saturated heterocycles. The number of benzene rings is 3. The van der Waals surface area contributed by atoms with E-state index < -0.39 is 156 Å². The number of rotatable bonds is 16. The molecule has 28 nitrogen and oxygen atoms in total. The molecule has 0 amide bonds. The third-order valence-corrected chi connectivity index (χ3v) is 20.2. The van der Waals surface area contributed by atoms with Crippen molar-refractivity contribution in [3.8, 4) is 23.0 Å². The van der Waals surface area contributed by atoms with Gasteiger partial charge in [-0.15, -0.1) is 0 Å². The summed E-state index contributed by atoms with van der Waals surface area (Å²) < 4.78 is 95.9. The molecule has 13 rings (SSSR count). The fraction of sp³-hybridized carbons (Fsp3) is 0.529. The molecule has 4 aliphatic carbocycles. The minimum atomic E-state index is -1.71.